The minimum Gasteiger partial charge on any atom is -0.347 e. The van der Waals surface area contributed by atoms with Crippen molar-refractivity contribution in [1.82, 2.24) is 15.6 Å². The first-order valence-corrected chi connectivity index (χ1v) is 12.7. The van der Waals surface area contributed by atoms with Gasteiger partial charge in [0.1, 0.15) is 9.71 Å². The van der Waals surface area contributed by atoms with E-state index < -0.39 is 0 Å². The fraction of sp³-hybridized carbons (Fsp3) is 0.192. The van der Waals surface area contributed by atoms with E-state index in [2.05, 4.69) is 20.9 Å². The number of thiophene rings is 1. The Balaban J connectivity index is 1.40. The standard InChI is InChI=1S/C26H22ClN5O2S/c27-17-6-1-4-15(12-17)16-5-2-8-19(13-16)32-20-9-11-29-25-21(20)22(31-26(32)34)23(35-25)24(33)30-18-7-3-10-28-14-18/h1-2,4-6,8-9,11-13,18,28H,3,7,10,14H2,(H,30,33)(H,31,34). The lowest BCUT2D eigenvalue weighted by Gasteiger charge is -2.29. The quantitative estimate of drug-likeness (QED) is 0.329. The first-order valence-electron chi connectivity index (χ1n) is 11.5. The highest BCUT2D eigenvalue weighted by molar-refractivity contribution is 7.21. The second kappa shape index (κ2) is 8.96. The van der Waals surface area contributed by atoms with Crippen LogP contribution in [0.3, 0.4) is 0 Å². The molecule has 2 aromatic heterocycles. The van der Waals surface area contributed by atoms with Crippen LogP contribution in [0.15, 0.2) is 60.8 Å². The van der Waals surface area contributed by atoms with Gasteiger partial charge >= 0.3 is 6.03 Å². The minimum atomic E-state index is -0.319. The lowest BCUT2D eigenvalue weighted by molar-refractivity contribution is 0.0935. The zero-order valence-corrected chi connectivity index (χ0v) is 20.2. The molecule has 1 saturated heterocycles. The highest BCUT2D eigenvalue weighted by Gasteiger charge is 2.33. The molecule has 1 atom stereocenters. The van der Waals surface area contributed by atoms with Gasteiger partial charge in [-0.15, -0.1) is 11.3 Å². The molecule has 3 N–H and O–H groups in total. The number of carbonyl (C=O) groups excluding carboxylic acids is 2. The number of hydrogen-bond donors (Lipinski definition) is 3. The fourth-order valence-corrected chi connectivity index (χ4v) is 5.93. The second-order valence-electron chi connectivity index (χ2n) is 8.66. The number of nitrogens with one attached hydrogen (secondary N) is 3. The van der Waals surface area contributed by atoms with Crippen molar-refractivity contribution in [3.8, 4) is 11.1 Å². The summed E-state index contributed by atoms with van der Waals surface area (Å²) in [6.45, 7) is 1.72. The van der Waals surface area contributed by atoms with Crippen molar-refractivity contribution in [1.29, 1.82) is 0 Å². The van der Waals surface area contributed by atoms with Crippen LogP contribution in [0.4, 0.5) is 21.9 Å². The molecular weight excluding hydrogens is 482 g/mol. The van der Waals surface area contributed by atoms with E-state index in [-0.39, 0.29) is 18.0 Å². The van der Waals surface area contributed by atoms with Crippen LogP contribution >= 0.6 is 22.9 Å². The molecule has 4 heterocycles. The largest absolute Gasteiger partial charge is 0.347 e. The first kappa shape index (κ1) is 22.0. The van der Waals surface area contributed by atoms with Crippen LogP contribution in [0, 0.1) is 0 Å². The molecule has 4 aromatic rings. The first-order chi connectivity index (χ1) is 17.1. The molecule has 7 nitrogen and oxygen atoms in total. The maximum absolute atomic E-state index is 13.4. The molecule has 2 aromatic carbocycles. The van der Waals surface area contributed by atoms with E-state index in [1.165, 1.54) is 11.3 Å². The number of nitrogens with zero attached hydrogens (tertiary/aromatic N) is 2. The lowest BCUT2D eigenvalue weighted by Crippen LogP contribution is -2.45. The van der Waals surface area contributed by atoms with Gasteiger partial charge in [-0.2, -0.15) is 0 Å². The predicted octanol–water partition coefficient (Wildman–Crippen LogP) is 5.78. The van der Waals surface area contributed by atoms with Crippen molar-refractivity contribution in [2.45, 2.75) is 18.9 Å². The summed E-state index contributed by atoms with van der Waals surface area (Å²) >= 11 is 7.49. The van der Waals surface area contributed by atoms with Crippen molar-refractivity contribution in [2.24, 2.45) is 0 Å². The van der Waals surface area contributed by atoms with Crippen LogP contribution in [0.2, 0.25) is 5.02 Å². The monoisotopic (exact) mass is 503 g/mol. The third-order valence-corrected chi connectivity index (χ3v) is 7.68. The molecule has 0 bridgehead atoms. The number of anilines is 3. The molecule has 0 radical (unpaired) electrons. The molecule has 0 spiro atoms. The van der Waals surface area contributed by atoms with Crippen molar-refractivity contribution in [3.05, 3.63) is 70.7 Å². The molecule has 2 aliphatic heterocycles. The van der Waals surface area contributed by atoms with Crippen molar-refractivity contribution < 1.29 is 9.59 Å². The lowest BCUT2D eigenvalue weighted by atomic mass is 10.0. The van der Waals surface area contributed by atoms with Gasteiger partial charge in [0, 0.05) is 23.8 Å². The maximum atomic E-state index is 13.4. The van der Waals surface area contributed by atoms with Crippen LogP contribution < -0.4 is 20.9 Å². The van der Waals surface area contributed by atoms with Crippen LogP contribution in [0.25, 0.3) is 21.3 Å². The van der Waals surface area contributed by atoms with Crippen LogP contribution in [0.5, 0.6) is 0 Å². The summed E-state index contributed by atoms with van der Waals surface area (Å²) < 4.78 is 0. The van der Waals surface area contributed by atoms with Gasteiger partial charge in [0.15, 0.2) is 0 Å². The Morgan fingerprint density at radius 2 is 1.97 bits per heavy atom. The Morgan fingerprint density at radius 3 is 2.77 bits per heavy atom. The van der Waals surface area contributed by atoms with Crippen molar-refractivity contribution in [3.63, 3.8) is 0 Å². The number of urea groups is 1. The predicted molar refractivity (Wildman–Crippen MR) is 141 cm³/mol. The SMILES string of the molecule is O=C(NC1CCCNC1)c1sc2nccc3c2c1NC(=O)N3c1cccc(-c2cccc(Cl)c2)c1. The highest BCUT2D eigenvalue weighted by atomic mass is 35.5. The van der Waals surface area contributed by atoms with Gasteiger partial charge in [-0.3, -0.25) is 9.69 Å². The molecule has 1 unspecified atom stereocenters. The van der Waals surface area contributed by atoms with Gasteiger partial charge in [-0.05, 0) is 60.8 Å². The van der Waals surface area contributed by atoms with Crippen molar-refractivity contribution in [2.75, 3.05) is 23.3 Å². The van der Waals surface area contributed by atoms with Gasteiger partial charge < -0.3 is 16.0 Å². The molecule has 1 fully saturated rings. The Labute approximate surface area is 211 Å². The van der Waals surface area contributed by atoms with E-state index in [0.29, 0.717) is 31.8 Å². The number of rotatable bonds is 4. The summed E-state index contributed by atoms with van der Waals surface area (Å²) in [7, 11) is 0. The number of aromatic nitrogens is 1. The van der Waals surface area contributed by atoms with E-state index in [0.717, 1.165) is 42.4 Å². The Morgan fingerprint density at radius 1 is 1.14 bits per heavy atom. The van der Waals surface area contributed by atoms with Gasteiger partial charge in [0.2, 0.25) is 0 Å². The number of pyridine rings is 1. The molecule has 2 aliphatic rings. The van der Waals surface area contributed by atoms with Gasteiger partial charge in [0.25, 0.3) is 5.91 Å². The molecule has 3 amide bonds. The molecule has 9 heteroatoms. The molecule has 0 saturated carbocycles. The van der Waals surface area contributed by atoms with E-state index >= 15 is 0 Å². The van der Waals surface area contributed by atoms with E-state index in [4.69, 9.17) is 11.6 Å². The smallest absolute Gasteiger partial charge is 0.331 e. The fourth-order valence-electron chi connectivity index (χ4n) is 4.72. The number of amides is 3. The summed E-state index contributed by atoms with van der Waals surface area (Å²) in [6.07, 6.45) is 3.64. The van der Waals surface area contributed by atoms with Gasteiger partial charge in [-0.25, -0.2) is 9.78 Å². The molecular formula is C26H22ClN5O2S. The van der Waals surface area contributed by atoms with Gasteiger partial charge in [-0.1, -0.05) is 35.9 Å². The van der Waals surface area contributed by atoms with Crippen LogP contribution in [-0.2, 0) is 0 Å². The van der Waals surface area contributed by atoms with Crippen molar-refractivity contribution >= 4 is 62.2 Å². The van der Waals surface area contributed by atoms with E-state index in [1.807, 2.05) is 54.6 Å². The third kappa shape index (κ3) is 4.03. The summed E-state index contributed by atoms with van der Waals surface area (Å²) in [6, 6.07) is 16.9. The Kier molecular flexibility index (Phi) is 5.64. The summed E-state index contributed by atoms with van der Waals surface area (Å²) in [5.41, 5.74) is 3.85. The number of hydrogen-bond acceptors (Lipinski definition) is 5. The normalized spacial score (nSPS) is 17.3. The summed E-state index contributed by atoms with van der Waals surface area (Å²) in [5, 5.41) is 10.8. The average molecular weight is 504 g/mol. The molecule has 35 heavy (non-hydrogen) atoms. The zero-order valence-electron chi connectivity index (χ0n) is 18.7. The molecule has 0 aliphatic carbocycles. The number of carbonyl (C=O) groups is 2. The zero-order chi connectivity index (χ0) is 23.9. The van der Waals surface area contributed by atoms with E-state index in [1.54, 1.807) is 11.1 Å². The number of piperidine rings is 1. The topological polar surface area (TPSA) is 86.4 Å². The molecule has 6 rings (SSSR count). The average Bonchev–Trinajstić information content (AvgIpc) is 3.24. The number of halogens is 1. The van der Waals surface area contributed by atoms with Crippen LogP contribution in [-0.4, -0.2) is 36.1 Å². The third-order valence-electron chi connectivity index (χ3n) is 6.35. The Hall–Kier alpha value is -3.46. The molecule has 176 valence electrons. The highest BCUT2D eigenvalue weighted by Crippen LogP contribution is 2.46. The van der Waals surface area contributed by atoms with Crippen LogP contribution in [0.1, 0.15) is 22.5 Å². The van der Waals surface area contributed by atoms with E-state index in [9.17, 15) is 9.59 Å². The Bertz CT molecular complexity index is 1460. The summed E-state index contributed by atoms with van der Waals surface area (Å²) in [4.78, 5) is 33.9. The maximum Gasteiger partial charge on any atom is 0.331 e. The summed E-state index contributed by atoms with van der Waals surface area (Å²) in [5.74, 6) is -0.181. The second-order valence-corrected chi connectivity index (χ2v) is 10.1. The minimum absolute atomic E-state index is 0.0751. The van der Waals surface area contributed by atoms with Gasteiger partial charge in [0.05, 0.1) is 22.4 Å². The number of benzene rings is 2.